The summed E-state index contributed by atoms with van der Waals surface area (Å²) in [5.41, 5.74) is 0.0705. The highest BCUT2D eigenvalue weighted by atomic mass is 19.1. The maximum absolute atomic E-state index is 12.6. The lowest BCUT2D eigenvalue weighted by Crippen LogP contribution is -2.27. The number of amides is 1. The van der Waals surface area contributed by atoms with Gasteiger partial charge in [0.05, 0.1) is 6.61 Å². The Kier molecular flexibility index (Phi) is 4.00. The van der Waals surface area contributed by atoms with E-state index in [0.717, 1.165) is 0 Å². The first-order valence-corrected chi connectivity index (χ1v) is 4.13. The number of aromatic nitrogens is 1. The number of halogens is 1. The Morgan fingerprint density at radius 2 is 2.43 bits per heavy atom. The average molecular weight is 198 g/mol. The fraction of sp³-hybridized carbons (Fsp3) is 0.333. The second-order valence-electron chi connectivity index (χ2n) is 2.59. The molecule has 0 aliphatic rings. The average Bonchev–Trinajstić information content (AvgIpc) is 2.18. The zero-order valence-corrected chi connectivity index (χ0v) is 7.79. The highest BCUT2D eigenvalue weighted by Gasteiger charge is 2.06. The van der Waals surface area contributed by atoms with E-state index < -0.39 is 11.9 Å². The van der Waals surface area contributed by atoms with Gasteiger partial charge in [0.25, 0.3) is 5.91 Å². The van der Waals surface area contributed by atoms with Crippen LogP contribution in [-0.4, -0.2) is 31.2 Å². The minimum absolute atomic E-state index is 0.0705. The summed E-state index contributed by atoms with van der Waals surface area (Å²) in [4.78, 5) is 14.7. The predicted octanol–water partition coefficient (Wildman–Crippen LogP) is 0.597. The first kappa shape index (κ1) is 10.6. The number of nitrogens with zero attached hydrogens (tertiary/aromatic N) is 1. The Bertz CT molecular complexity index is 317. The smallest absolute Gasteiger partial charge is 0.270 e. The summed E-state index contributed by atoms with van der Waals surface area (Å²) in [5.74, 6) is -1.06. The molecule has 0 aliphatic carbocycles. The fourth-order valence-electron chi connectivity index (χ4n) is 0.892. The van der Waals surface area contributed by atoms with Crippen LogP contribution in [0.5, 0.6) is 0 Å². The van der Waals surface area contributed by atoms with E-state index in [1.807, 2.05) is 0 Å². The molecule has 0 atom stereocenters. The van der Waals surface area contributed by atoms with Crippen molar-refractivity contribution >= 4 is 5.91 Å². The van der Waals surface area contributed by atoms with Gasteiger partial charge < -0.3 is 10.1 Å². The monoisotopic (exact) mass is 198 g/mol. The highest BCUT2D eigenvalue weighted by molar-refractivity contribution is 5.92. The predicted molar refractivity (Wildman–Crippen MR) is 48.4 cm³/mol. The Morgan fingerprint density at radius 3 is 3.07 bits per heavy atom. The molecule has 5 heteroatoms. The number of rotatable bonds is 4. The molecule has 0 bridgehead atoms. The second-order valence-corrected chi connectivity index (χ2v) is 2.59. The normalized spacial score (nSPS) is 9.86. The first-order valence-electron chi connectivity index (χ1n) is 4.13. The van der Waals surface area contributed by atoms with E-state index in [9.17, 15) is 9.18 Å². The molecule has 1 rings (SSSR count). The molecule has 0 unspecified atom stereocenters. The SMILES string of the molecule is COCCNC(=O)c1cccc(F)n1. The summed E-state index contributed by atoms with van der Waals surface area (Å²) in [6.45, 7) is 0.800. The molecular weight excluding hydrogens is 187 g/mol. The van der Waals surface area contributed by atoms with Gasteiger partial charge in [0.2, 0.25) is 5.95 Å². The van der Waals surface area contributed by atoms with Crippen LogP contribution in [0.3, 0.4) is 0 Å². The minimum atomic E-state index is -0.663. The summed E-state index contributed by atoms with van der Waals surface area (Å²) in [5, 5.41) is 2.53. The van der Waals surface area contributed by atoms with Gasteiger partial charge >= 0.3 is 0 Å². The van der Waals surface area contributed by atoms with Crippen LogP contribution in [0.1, 0.15) is 10.5 Å². The first-order chi connectivity index (χ1) is 6.74. The summed E-state index contributed by atoms with van der Waals surface area (Å²) in [6, 6.07) is 4.07. The van der Waals surface area contributed by atoms with Crippen LogP contribution in [0, 0.1) is 5.95 Å². The van der Waals surface area contributed by atoms with Crippen LogP contribution in [0.15, 0.2) is 18.2 Å². The molecule has 0 saturated carbocycles. The van der Waals surface area contributed by atoms with Crippen molar-refractivity contribution in [2.75, 3.05) is 20.3 Å². The van der Waals surface area contributed by atoms with Gasteiger partial charge in [0.15, 0.2) is 0 Å². The van der Waals surface area contributed by atoms with Gasteiger partial charge in [-0.05, 0) is 12.1 Å². The Morgan fingerprint density at radius 1 is 1.64 bits per heavy atom. The van der Waals surface area contributed by atoms with E-state index in [4.69, 9.17) is 4.74 Å². The quantitative estimate of drug-likeness (QED) is 0.569. The second kappa shape index (κ2) is 5.29. The summed E-state index contributed by atoms with van der Waals surface area (Å²) >= 11 is 0. The van der Waals surface area contributed by atoms with Crippen molar-refractivity contribution in [1.29, 1.82) is 0 Å². The van der Waals surface area contributed by atoms with Crippen molar-refractivity contribution in [2.45, 2.75) is 0 Å². The van der Waals surface area contributed by atoms with Gasteiger partial charge in [-0.3, -0.25) is 4.79 Å². The molecule has 1 heterocycles. The molecule has 76 valence electrons. The molecule has 1 amide bonds. The van der Waals surface area contributed by atoms with Gasteiger partial charge in [-0.2, -0.15) is 4.39 Å². The number of ether oxygens (including phenoxy) is 1. The van der Waals surface area contributed by atoms with Gasteiger partial charge in [0.1, 0.15) is 5.69 Å². The van der Waals surface area contributed by atoms with E-state index in [-0.39, 0.29) is 5.69 Å². The Hall–Kier alpha value is -1.49. The number of hydrogen-bond donors (Lipinski definition) is 1. The van der Waals surface area contributed by atoms with Gasteiger partial charge in [-0.15, -0.1) is 0 Å². The summed E-state index contributed by atoms with van der Waals surface area (Å²) < 4.78 is 17.3. The number of carbonyl (C=O) groups is 1. The van der Waals surface area contributed by atoms with E-state index in [1.54, 1.807) is 0 Å². The number of nitrogens with one attached hydrogen (secondary N) is 1. The Labute approximate surface area is 81.1 Å². The van der Waals surface area contributed by atoms with Crippen molar-refractivity contribution in [3.63, 3.8) is 0 Å². The van der Waals surface area contributed by atoms with Crippen LogP contribution >= 0.6 is 0 Å². The van der Waals surface area contributed by atoms with E-state index in [1.165, 1.54) is 25.3 Å². The van der Waals surface area contributed by atoms with Crippen LogP contribution in [0.4, 0.5) is 4.39 Å². The third kappa shape index (κ3) is 3.10. The van der Waals surface area contributed by atoms with Crippen molar-refractivity contribution in [1.82, 2.24) is 10.3 Å². The number of carbonyl (C=O) groups excluding carboxylic acids is 1. The third-order valence-electron chi connectivity index (χ3n) is 1.54. The van der Waals surface area contributed by atoms with Crippen molar-refractivity contribution in [2.24, 2.45) is 0 Å². The highest BCUT2D eigenvalue weighted by Crippen LogP contribution is 1.96. The molecule has 0 aromatic carbocycles. The minimum Gasteiger partial charge on any atom is -0.383 e. The summed E-state index contributed by atoms with van der Waals surface area (Å²) in [7, 11) is 1.53. The standard InChI is InChI=1S/C9H11FN2O2/c1-14-6-5-11-9(13)7-3-2-4-8(10)12-7/h2-4H,5-6H2,1H3,(H,11,13). The van der Waals surface area contributed by atoms with Crippen LogP contribution in [0.2, 0.25) is 0 Å². The lowest BCUT2D eigenvalue weighted by Gasteiger charge is -2.02. The molecule has 0 saturated heterocycles. The molecule has 14 heavy (non-hydrogen) atoms. The van der Waals surface area contributed by atoms with Gasteiger partial charge in [-0.25, -0.2) is 4.98 Å². The fourth-order valence-corrected chi connectivity index (χ4v) is 0.892. The van der Waals surface area contributed by atoms with Crippen molar-refractivity contribution in [3.8, 4) is 0 Å². The molecule has 0 radical (unpaired) electrons. The lowest BCUT2D eigenvalue weighted by molar-refractivity contribution is 0.0931. The molecule has 1 aromatic rings. The maximum atomic E-state index is 12.6. The van der Waals surface area contributed by atoms with Crippen molar-refractivity contribution in [3.05, 3.63) is 29.8 Å². The number of hydrogen-bond acceptors (Lipinski definition) is 3. The Balaban J connectivity index is 2.52. The van der Waals surface area contributed by atoms with Crippen molar-refractivity contribution < 1.29 is 13.9 Å². The topological polar surface area (TPSA) is 51.2 Å². The van der Waals surface area contributed by atoms with Gasteiger partial charge in [-0.1, -0.05) is 6.07 Å². The molecule has 4 nitrogen and oxygen atoms in total. The maximum Gasteiger partial charge on any atom is 0.270 e. The molecule has 0 aliphatic heterocycles. The van der Waals surface area contributed by atoms with E-state index >= 15 is 0 Å². The lowest BCUT2D eigenvalue weighted by atomic mass is 10.3. The zero-order valence-electron chi connectivity index (χ0n) is 7.79. The summed E-state index contributed by atoms with van der Waals surface area (Å²) in [6.07, 6.45) is 0. The number of methoxy groups -OCH3 is 1. The van der Waals surface area contributed by atoms with E-state index in [2.05, 4.69) is 10.3 Å². The van der Waals surface area contributed by atoms with Crippen LogP contribution in [0.25, 0.3) is 0 Å². The molecule has 0 spiro atoms. The zero-order chi connectivity index (χ0) is 10.4. The molecular formula is C9H11FN2O2. The van der Waals surface area contributed by atoms with Gasteiger partial charge in [0, 0.05) is 13.7 Å². The molecule has 1 aromatic heterocycles. The van der Waals surface area contributed by atoms with E-state index in [0.29, 0.717) is 13.2 Å². The molecule has 1 N–H and O–H groups in total. The molecule has 0 fully saturated rings. The largest absolute Gasteiger partial charge is 0.383 e. The van der Waals surface area contributed by atoms with Crippen LogP contribution in [-0.2, 0) is 4.74 Å². The third-order valence-corrected chi connectivity index (χ3v) is 1.54. The van der Waals surface area contributed by atoms with Crippen LogP contribution < -0.4 is 5.32 Å². The number of pyridine rings is 1.